The van der Waals surface area contributed by atoms with Crippen molar-refractivity contribution in [1.82, 2.24) is 4.98 Å². The molecule has 1 fully saturated rings. The van der Waals surface area contributed by atoms with E-state index in [1.807, 2.05) is 0 Å². The van der Waals surface area contributed by atoms with E-state index >= 15 is 0 Å². The minimum atomic E-state index is -0.926. The van der Waals surface area contributed by atoms with Crippen molar-refractivity contribution in [3.8, 4) is 0 Å². The van der Waals surface area contributed by atoms with Crippen LogP contribution in [0.4, 0.5) is 5.82 Å². The van der Waals surface area contributed by atoms with Gasteiger partial charge in [0.25, 0.3) is 0 Å². The van der Waals surface area contributed by atoms with E-state index in [4.69, 9.17) is 0 Å². The first-order valence-corrected chi connectivity index (χ1v) is 6.94. The predicted octanol–water partition coefficient (Wildman–Crippen LogP) is 3.17. The molecule has 0 aromatic carbocycles. The maximum atomic E-state index is 11.3. The Morgan fingerprint density at radius 2 is 2.28 bits per heavy atom. The van der Waals surface area contributed by atoms with Crippen LogP contribution in [0.15, 0.2) is 16.7 Å². The van der Waals surface area contributed by atoms with E-state index in [0.717, 1.165) is 19.4 Å². The van der Waals surface area contributed by atoms with E-state index < -0.39 is 5.97 Å². The largest absolute Gasteiger partial charge is 0.478 e. The Hall–Kier alpha value is -1.10. The van der Waals surface area contributed by atoms with Gasteiger partial charge in [-0.2, -0.15) is 0 Å². The van der Waals surface area contributed by atoms with Gasteiger partial charge in [-0.3, -0.25) is 0 Å². The van der Waals surface area contributed by atoms with Gasteiger partial charge >= 0.3 is 5.97 Å². The third-order valence-electron chi connectivity index (χ3n) is 3.47. The van der Waals surface area contributed by atoms with Crippen LogP contribution in [0.25, 0.3) is 0 Å². The minimum Gasteiger partial charge on any atom is -0.478 e. The maximum Gasteiger partial charge on any atom is 0.339 e. The van der Waals surface area contributed by atoms with Crippen molar-refractivity contribution >= 4 is 27.7 Å². The van der Waals surface area contributed by atoms with Crippen LogP contribution < -0.4 is 4.90 Å². The smallest absolute Gasteiger partial charge is 0.339 e. The summed E-state index contributed by atoms with van der Waals surface area (Å²) in [5.41, 5.74) is 0.269. The lowest BCUT2D eigenvalue weighted by Crippen LogP contribution is -2.41. The van der Waals surface area contributed by atoms with Gasteiger partial charge in [-0.05, 0) is 47.7 Å². The Morgan fingerprint density at radius 3 is 2.89 bits per heavy atom. The van der Waals surface area contributed by atoms with E-state index in [1.54, 1.807) is 12.3 Å². The van der Waals surface area contributed by atoms with Gasteiger partial charge in [0.15, 0.2) is 0 Å². The van der Waals surface area contributed by atoms with Gasteiger partial charge in [0.1, 0.15) is 11.4 Å². The quantitative estimate of drug-likeness (QED) is 0.911. The lowest BCUT2D eigenvalue weighted by molar-refractivity contribution is 0.0697. The Morgan fingerprint density at radius 1 is 1.56 bits per heavy atom. The lowest BCUT2D eigenvalue weighted by Gasteiger charge is -2.38. The number of nitrogens with zero attached hydrogens (tertiary/aromatic N) is 2. The first-order chi connectivity index (χ1) is 8.49. The molecule has 2 unspecified atom stereocenters. The molecular formula is C13H17BrN2O2. The fourth-order valence-corrected chi connectivity index (χ4v) is 2.87. The van der Waals surface area contributed by atoms with Crippen LogP contribution in [0.1, 0.15) is 37.0 Å². The highest BCUT2D eigenvalue weighted by Crippen LogP contribution is 2.29. The number of hydrogen-bond acceptors (Lipinski definition) is 3. The van der Waals surface area contributed by atoms with Crippen LogP contribution in [0, 0.1) is 5.92 Å². The molecule has 0 radical (unpaired) electrons. The number of carbonyl (C=O) groups is 1. The van der Waals surface area contributed by atoms with Gasteiger partial charge in [-0.1, -0.05) is 6.92 Å². The van der Waals surface area contributed by atoms with E-state index in [1.165, 1.54) is 0 Å². The second-order valence-electron chi connectivity index (χ2n) is 5.00. The Labute approximate surface area is 115 Å². The standard InChI is InChI=1S/C13H17BrN2O2/c1-8-3-4-16(9(2)5-8)12-11(13(17)18)6-10(14)7-15-12/h6-9H,3-5H2,1-2H3,(H,17,18). The van der Waals surface area contributed by atoms with Crippen LogP contribution in [-0.2, 0) is 0 Å². The van der Waals surface area contributed by atoms with Gasteiger partial charge in [-0.25, -0.2) is 9.78 Å². The van der Waals surface area contributed by atoms with Gasteiger partial charge < -0.3 is 10.0 Å². The number of aromatic carboxylic acids is 1. The Kier molecular flexibility index (Phi) is 3.90. The first kappa shape index (κ1) is 13.3. The number of anilines is 1. The predicted molar refractivity (Wildman–Crippen MR) is 74.1 cm³/mol. The van der Waals surface area contributed by atoms with Crippen molar-refractivity contribution in [3.63, 3.8) is 0 Å². The van der Waals surface area contributed by atoms with Crippen LogP contribution in [0.2, 0.25) is 0 Å². The molecule has 2 atom stereocenters. The molecule has 1 N–H and O–H groups in total. The normalized spacial score (nSPS) is 24.1. The van der Waals surface area contributed by atoms with Crippen LogP contribution in [0.5, 0.6) is 0 Å². The number of hydrogen-bond donors (Lipinski definition) is 1. The zero-order valence-corrected chi connectivity index (χ0v) is 12.1. The molecule has 0 bridgehead atoms. The molecule has 98 valence electrons. The van der Waals surface area contributed by atoms with Crippen molar-refractivity contribution in [2.75, 3.05) is 11.4 Å². The maximum absolute atomic E-state index is 11.3. The van der Waals surface area contributed by atoms with Crippen molar-refractivity contribution in [2.24, 2.45) is 5.92 Å². The highest BCUT2D eigenvalue weighted by Gasteiger charge is 2.27. The molecule has 4 nitrogen and oxygen atoms in total. The number of carboxylic acid groups (broad SMARTS) is 1. The fourth-order valence-electron chi connectivity index (χ4n) is 2.54. The summed E-state index contributed by atoms with van der Waals surface area (Å²) < 4.78 is 0.696. The molecule has 1 aromatic rings. The van der Waals surface area contributed by atoms with Crippen molar-refractivity contribution in [3.05, 3.63) is 22.3 Å². The molecule has 1 saturated heterocycles. The summed E-state index contributed by atoms with van der Waals surface area (Å²) in [5.74, 6) is 0.356. The number of carboxylic acids is 1. The summed E-state index contributed by atoms with van der Waals surface area (Å²) in [6, 6.07) is 1.95. The third kappa shape index (κ3) is 2.66. The number of halogens is 1. The molecule has 2 rings (SSSR count). The Bertz CT molecular complexity index is 464. The highest BCUT2D eigenvalue weighted by molar-refractivity contribution is 9.10. The van der Waals surface area contributed by atoms with Gasteiger partial charge in [-0.15, -0.1) is 0 Å². The fraction of sp³-hybridized carbons (Fsp3) is 0.538. The summed E-state index contributed by atoms with van der Waals surface area (Å²) in [7, 11) is 0. The average Bonchev–Trinajstić information content (AvgIpc) is 2.29. The monoisotopic (exact) mass is 312 g/mol. The zero-order valence-electron chi connectivity index (χ0n) is 10.6. The second kappa shape index (κ2) is 5.26. The molecule has 0 aliphatic carbocycles. The highest BCUT2D eigenvalue weighted by atomic mass is 79.9. The van der Waals surface area contributed by atoms with Crippen LogP contribution in [0.3, 0.4) is 0 Å². The van der Waals surface area contributed by atoms with Gasteiger partial charge in [0.2, 0.25) is 0 Å². The molecule has 0 amide bonds. The Balaban J connectivity index is 2.35. The third-order valence-corrected chi connectivity index (χ3v) is 3.91. The summed E-state index contributed by atoms with van der Waals surface area (Å²) in [6.45, 7) is 5.24. The van der Waals surface area contributed by atoms with Gasteiger partial charge in [0, 0.05) is 23.3 Å². The molecule has 0 saturated carbocycles. The van der Waals surface area contributed by atoms with E-state index in [9.17, 15) is 9.90 Å². The van der Waals surface area contributed by atoms with Crippen molar-refractivity contribution < 1.29 is 9.90 Å². The second-order valence-corrected chi connectivity index (χ2v) is 5.92. The molecule has 18 heavy (non-hydrogen) atoms. The van der Waals surface area contributed by atoms with E-state index in [2.05, 4.69) is 39.7 Å². The van der Waals surface area contributed by atoms with E-state index in [0.29, 0.717) is 22.3 Å². The van der Waals surface area contributed by atoms with Crippen LogP contribution in [-0.4, -0.2) is 28.6 Å². The average molecular weight is 313 g/mol. The topological polar surface area (TPSA) is 53.4 Å². The van der Waals surface area contributed by atoms with Crippen molar-refractivity contribution in [1.29, 1.82) is 0 Å². The summed E-state index contributed by atoms with van der Waals surface area (Å²) in [6.07, 6.45) is 3.82. The minimum absolute atomic E-state index is 0.269. The number of piperidine rings is 1. The lowest BCUT2D eigenvalue weighted by atomic mass is 9.93. The number of rotatable bonds is 2. The van der Waals surface area contributed by atoms with Crippen LogP contribution >= 0.6 is 15.9 Å². The molecule has 5 heteroatoms. The molecule has 1 aliphatic heterocycles. The van der Waals surface area contributed by atoms with E-state index in [-0.39, 0.29) is 5.56 Å². The number of pyridine rings is 1. The SMILES string of the molecule is CC1CCN(c2ncc(Br)cc2C(=O)O)C(C)C1. The molecule has 0 spiro atoms. The zero-order chi connectivity index (χ0) is 13.3. The van der Waals surface area contributed by atoms with Crippen molar-refractivity contribution in [2.45, 2.75) is 32.7 Å². The molecular weight excluding hydrogens is 296 g/mol. The molecule has 2 heterocycles. The summed E-state index contributed by atoms with van der Waals surface area (Å²) in [5, 5.41) is 9.27. The molecule has 1 aliphatic rings. The number of aromatic nitrogens is 1. The first-order valence-electron chi connectivity index (χ1n) is 6.14. The summed E-state index contributed by atoms with van der Waals surface area (Å²) >= 11 is 3.27. The summed E-state index contributed by atoms with van der Waals surface area (Å²) in [4.78, 5) is 17.7. The molecule has 1 aromatic heterocycles. The van der Waals surface area contributed by atoms with Gasteiger partial charge in [0.05, 0.1) is 0 Å².